The highest BCUT2D eigenvalue weighted by molar-refractivity contribution is 7.99. The van der Waals surface area contributed by atoms with Crippen LogP contribution in [-0.2, 0) is 21.3 Å². The van der Waals surface area contributed by atoms with Gasteiger partial charge in [0.1, 0.15) is 9.77 Å². The van der Waals surface area contributed by atoms with Gasteiger partial charge in [-0.3, -0.25) is 9.69 Å². The normalized spacial score (nSPS) is 18.9. The predicted molar refractivity (Wildman–Crippen MR) is 121 cm³/mol. The number of benzene rings is 1. The molecular formula is C20H25N3O4S3. The summed E-state index contributed by atoms with van der Waals surface area (Å²) in [5.41, 5.74) is 1.76. The number of hydrogen-bond donors (Lipinski definition) is 1. The van der Waals surface area contributed by atoms with E-state index in [1.54, 1.807) is 17.1 Å². The van der Waals surface area contributed by atoms with E-state index in [2.05, 4.69) is 10.2 Å². The molecule has 4 rings (SSSR count). The Balaban J connectivity index is 1.47. The van der Waals surface area contributed by atoms with Gasteiger partial charge in [-0.2, -0.15) is 16.1 Å². The number of thiophene rings is 1. The van der Waals surface area contributed by atoms with Gasteiger partial charge in [-0.1, -0.05) is 12.1 Å². The number of rotatable bonds is 6. The molecule has 0 unspecified atom stereocenters. The molecule has 3 heterocycles. The molecule has 0 spiro atoms. The fraction of sp³-hybridized carbons (Fsp3) is 0.450. The van der Waals surface area contributed by atoms with E-state index in [1.807, 2.05) is 24.3 Å². The van der Waals surface area contributed by atoms with Crippen molar-refractivity contribution in [3.63, 3.8) is 0 Å². The van der Waals surface area contributed by atoms with E-state index in [-0.39, 0.29) is 9.77 Å². The zero-order chi connectivity index (χ0) is 21.0. The molecule has 2 aromatic rings. The molecule has 7 nitrogen and oxygen atoms in total. The first-order valence-corrected chi connectivity index (χ1v) is 13.4. The number of nitrogens with zero attached hydrogens (tertiary/aromatic N) is 2. The Morgan fingerprint density at radius 3 is 2.63 bits per heavy atom. The molecule has 30 heavy (non-hydrogen) atoms. The fourth-order valence-electron chi connectivity index (χ4n) is 3.54. The summed E-state index contributed by atoms with van der Waals surface area (Å²) >= 11 is 2.90. The van der Waals surface area contributed by atoms with Crippen molar-refractivity contribution in [3.05, 3.63) is 46.2 Å². The fourth-order valence-corrected chi connectivity index (χ4v) is 7.42. The maximum absolute atomic E-state index is 13.0. The third kappa shape index (κ3) is 5.06. The van der Waals surface area contributed by atoms with Crippen LogP contribution in [0.5, 0.6) is 0 Å². The van der Waals surface area contributed by atoms with Gasteiger partial charge in [0.05, 0.1) is 13.2 Å². The number of morpholine rings is 1. The van der Waals surface area contributed by atoms with Crippen LogP contribution >= 0.6 is 23.1 Å². The molecule has 2 aliphatic heterocycles. The summed E-state index contributed by atoms with van der Waals surface area (Å²) in [6.45, 7) is 5.01. The van der Waals surface area contributed by atoms with Crippen LogP contribution in [0, 0.1) is 0 Å². The van der Waals surface area contributed by atoms with E-state index < -0.39 is 15.9 Å². The lowest BCUT2D eigenvalue weighted by molar-refractivity contribution is 0.0342. The van der Waals surface area contributed by atoms with E-state index in [9.17, 15) is 13.2 Å². The van der Waals surface area contributed by atoms with Crippen molar-refractivity contribution in [2.75, 3.05) is 56.2 Å². The highest BCUT2D eigenvalue weighted by atomic mass is 32.2. The van der Waals surface area contributed by atoms with Crippen LogP contribution in [0.25, 0.3) is 0 Å². The molecule has 0 aliphatic carbocycles. The van der Waals surface area contributed by atoms with Crippen LogP contribution in [0.15, 0.2) is 40.6 Å². The monoisotopic (exact) mass is 467 g/mol. The Hall–Kier alpha value is -1.43. The van der Waals surface area contributed by atoms with Crippen LogP contribution in [0.3, 0.4) is 0 Å². The molecule has 2 saturated heterocycles. The second kappa shape index (κ2) is 9.80. The minimum atomic E-state index is -3.66. The molecule has 0 radical (unpaired) electrons. The molecule has 2 aliphatic rings. The Morgan fingerprint density at radius 2 is 1.87 bits per heavy atom. The van der Waals surface area contributed by atoms with E-state index in [0.29, 0.717) is 18.8 Å². The molecular weight excluding hydrogens is 442 g/mol. The number of sulfonamides is 1. The number of carbonyl (C=O) groups is 1. The first-order chi connectivity index (χ1) is 14.5. The third-order valence-electron chi connectivity index (χ3n) is 5.12. The van der Waals surface area contributed by atoms with Crippen molar-refractivity contribution in [1.29, 1.82) is 0 Å². The second-order valence-corrected chi connectivity index (χ2v) is 11.2. The van der Waals surface area contributed by atoms with Gasteiger partial charge in [-0.25, -0.2) is 8.42 Å². The number of thioether (sulfide) groups is 1. The molecule has 0 atom stereocenters. The summed E-state index contributed by atoms with van der Waals surface area (Å²) in [5.74, 6) is 1.17. The van der Waals surface area contributed by atoms with Crippen LogP contribution in [0.4, 0.5) is 5.69 Å². The van der Waals surface area contributed by atoms with Crippen molar-refractivity contribution in [2.45, 2.75) is 11.4 Å². The van der Waals surface area contributed by atoms with Gasteiger partial charge in [0.2, 0.25) is 10.0 Å². The second-order valence-electron chi connectivity index (χ2n) is 7.17. The van der Waals surface area contributed by atoms with Crippen molar-refractivity contribution in [3.8, 4) is 0 Å². The maximum atomic E-state index is 13.0. The highest BCUT2D eigenvalue weighted by Gasteiger charge is 2.31. The lowest BCUT2D eigenvalue weighted by Gasteiger charge is -2.26. The summed E-state index contributed by atoms with van der Waals surface area (Å²) in [4.78, 5) is 15.5. The molecule has 0 bridgehead atoms. The van der Waals surface area contributed by atoms with Gasteiger partial charge in [0.15, 0.2) is 0 Å². The van der Waals surface area contributed by atoms with Crippen molar-refractivity contribution in [2.24, 2.45) is 0 Å². The molecule has 1 amide bonds. The van der Waals surface area contributed by atoms with Gasteiger partial charge in [-0.15, -0.1) is 11.3 Å². The topological polar surface area (TPSA) is 79.0 Å². The molecule has 2 fully saturated rings. The average Bonchev–Trinajstić information content (AvgIpc) is 3.27. The highest BCUT2D eigenvalue weighted by Crippen LogP contribution is 2.28. The van der Waals surface area contributed by atoms with Gasteiger partial charge in [-0.05, 0) is 29.1 Å². The summed E-state index contributed by atoms with van der Waals surface area (Å²) in [7, 11) is -3.66. The van der Waals surface area contributed by atoms with E-state index in [4.69, 9.17) is 4.74 Å². The molecule has 1 aromatic heterocycles. The summed E-state index contributed by atoms with van der Waals surface area (Å²) < 4.78 is 32.9. The van der Waals surface area contributed by atoms with Crippen molar-refractivity contribution >= 4 is 44.7 Å². The maximum Gasteiger partial charge on any atom is 0.267 e. The summed E-state index contributed by atoms with van der Waals surface area (Å²) in [6, 6.07) is 9.23. The number of nitrogens with one attached hydrogen (secondary N) is 1. The SMILES string of the molecule is O=C(Nc1cccc(CN2CCOCC2)c1)c1sccc1S(=O)(=O)N1CCSCC1. The lowest BCUT2D eigenvalue weighted by Crippen LogP contribution is -2.38. The Labute approximate surface area is 185 Å². The van der Waals surface area contributed by atoms with E-state index in [0.717, 1.165) is 61.3 Å². The molecule has 1 N–H and O–H groups in total. The minimum Gasteiger partial charge on any atom is -0.379 e. The molecule has 162 valence electrons. The molecule has 0 saturated carbocycles. The number of anilines is 1. The first kappa shape index (κ1) is 21.8. The third-order valence-corrected chi connectivity index (χ3v) is 9.04. The van der Waals surface area contributed by atoms with Crippen molar-refractivity contribution in [1.82, 2.24) is 9.21 Å². The predicted octanol–water partition coefficient (Wildman–Crippen LogP) is 2.57. The summed E-state index contributed by atoms with van der Waals surface area (Å²) in [5, 5.41) is 4.54. The zero-order valence-electron chi connectivity index (χ0n) is 16.6. The number of hydrogen-bond acceptors (Lipinski definition) is 7. The van der Waals surface area contributed by atoms with Crippen LogP contribution in [-0.4, -0.2) is 74.4 Å². The van der Waals surface area contributed by atoms with Gasteiger partial charge < -0.3 is 10.1 Å². The van der Waals surface area contributed by atoms with Crippen molar-refractivity contribution < 1.29 is 17.9 Å². The Bertz CT molecular complexity index is 981. The quantitative estimate of drug-likeness (QED) is 0.704. The standard InChI is InChI=1S/C20H25N3O4S3/c24-20(19-18(4-11-29-19)30(25,26)23-7-12-28-13-8-23)21-17-3-1-2-16(14-17)15-22-5-9-27-10-6-22/h1-4,11,14H,5-10,12-13,15H2,(H,21,24). The zero-order valence-corrected chi connectivity index (χ0v) is 19.0. The van der Waals surface area contributed by atoms with E-state index in [1.165, 1.54) is 10.4 Å². The lowest BCUT2D eigenvalue weighted by atomic mass is 10.2. The Kier molecular flexibility index (Phi) is 7.12. The van der Waals surface area contributed by atoms with Crippen LogP contribution < -0.4 is 5.32 Å². The minimum absolute atomic E-state index is 0.0985. The van der Waals surface area contributed by atoms with Gasteiger partial charge >= 0.3 is 0 Å². The van der Waals surface area contributed by atoms with Crippen LogP contribution in [0.2, 0.25) is 0 Å². The Morgan fingerprint density at radius 1 is 1.10 bits per heavy atom. The van der Waals surface area contributed by atoms with Gasteiger partial charge in [0, 0.05) is 49.9 Å². The van der Waals surface area contributed by atoms with Crippen LogP contribution in [0.1, 0.15) is 15.2 Å². The molecule has 10 heteroatoms. The first-order valence-electron chi connectivity index (χ1n) is 9.90. The molecule has 1 aromatic carbocycles. The average molecular weight is 468 g/mol. The largest absolute Gasteiger partial charge is 0.379 e. The number of carbonyl (C=O) groups excluding carboxylic acids is 1. The van der Waals surface area contributed by atoms with Gasteiger partial charge in [0.25, 0.3) is 5.91 Å². The number of amides is 1. The summed E-state index contributed by atoms with van der Waals surface area (Å²) in [6.07, 6.45) is 0. The smallest absolute Gasteiger partial charge is 0.267 e. The van der Waals surface area contributed by atoms with E-state index >= 15 is 0 Å². The number of ether oxygens (including phenoxy) is 1.